The van der Waals surface area contributed by atoms with Crippen LogP contribution in [0.1, 0.15) is 43.7 Å². The van der Waals surface area contributed by atoms with Crippen LogP contribution in [0.3, 0.4) is 0 Å². The summed E-state index contributed by atoms with van der Waals surface area (Å²) in [6, 6.07) is 8.76. The van der Waals surface area contributed by atoms with Gasteiger partial charge in [0.2, 0.25) is 0 Å². The van der Waals surface area contributed by atoms with E-state index in [0.29, 0.717) is 6.54 Å². The van der Waals surface area contributed by atoms with E-state index in [4.69, 9.17) is 5.73 Å². The van der Waals surface area contributed by atoms with Crippen LogP contribution in [-0.4, -0.2) is 18.0 Å². The Morgan fingerprint density at radius 3 is 2.50 bits per heavy atom. The fourth-order valence-corrected chi connectivity index (χ4v) is 2.83. The van der Waals surface area contributed by atoms with Crippen LogP contribution in [0.4, 0.5) is 0 Å². The zero-order chi connectivity index (χ0) is 12.8. The molecule has 0 spiro atoms. The lowest BCUT2D eigenvalue weighted by Crippen LogP contribution is -2.24. The first kappa shape index (κ1) is 13.6. The lowest BCUT2D eigenvalue weighted by atomic mass is 9.98. The number of hydrogen-bond acceptors (Lipinski definition) is 2. The van der Waals surface area contributed by atoms with E-state index in [9.17, 15) is 0 Å². The van der Waals surface area contributed by atoms with Gasteiger partial charge in [0.15, 0.2) is 0 Å². The molecule has 0 aromatic heterocycles. The Hall–Kier alpha value is -0.860. The van der Waals surface area contributed by atoms with Crippen molar-refractivity contribution in [1.29, 1.82) is 0 Å². The van der Waals surface area contributed by atoms with Crippen LogP contribution in [0.2, 0.25) is 0 Å². The summed E-state index contributed by atoms with van der Waals surface area (Å²) in [6.07, 6.45) is 5.49. The molecule has 0 bridgehead atoms. The van der Waals surface area contributed by atoms with E-state index in [-0.39, 0.29) is 0 Å². The Labute approximate surface area is 111 Å². The van der Waals surface area contributed by atoms with E-state index in [1.807, 2.05) is 0 Å². The second-order valence-corrected chi connectivity index (χ2v) is 5.50. The Morgan fingerprint density at radius 1 is 1.11 bits per heavy atom. The maximum absolute atomic E-state index is 5.62. The number of hydrogen-bond donors (Lipinski definition) is 1. The first-order chi connectivity index (χ1) is 8.81. The molecule has 1 heterocycles. The Bertz CT molecular complexity index is 345. The number of nitrogens with two attached hydrogens (primary N) is 1. The van der Waals surface area contributed by atoms with Crippen LogP contribution >= 0.6 is 0 Å². The van der Waals surface area contributed by atoms with Gasteiger partial charge in [-0.3, -0.25) is 4.90 Å². The van der Waals surface area contributed by atoms with E-state index in [2.05, 4.69) is 36.1 Å². The molecule has 1 saturated heterocycles. The zero-order valence-corrected chi connectivity index (χ0v) is 11.6. The number of nitrogens with zero attached hydrogens (tertiary/aromatic N) is 1. The Kier molecular flexibility index (Phi) is 5.21. The molecule has 1 fully saturated rings. The summed E-state index contributed by atoms with van der Waals surface area (Å²) in [5.41, 5.74) is 8.27. The fourth-order valence-electron chi connectivity index (χ4n) is 2.83. The van der Waals surface area contributed by atoms with Gasteiger partial charge in [0.05, 0.1) is 0 Å². The predicted molar refractivity (Wildman–Crippen MR) is 77.2 cm³/mol. The molecule has 2 N–H and O–H groups in total. The van der Waals surface area contributed by atoms with E-state index in [1.54, 1.807) is 0 Å². The van der Waals surface area contributed by atoms with Gasteiger partial charge in [-0.2, -0.15) is 0 Å². The van der Waals surface area contributed by atoms with Gasteiger partial charge < -0.3 is 5.73 Å². The second kappa shape index (κ2) is 6.91. The van der Waals surface area contributed by atoms with Gasteiger partial charge in [-0.15, -0.1) is 0 Å². The van der Waals surface area contributed by atoms with Gasteiger partial charge in [-0.05, 0) is 49.4 Å². The largest absolute Gasteiger partial charge is 0.326 e. The van der Waals surface area contributed by atoms with Crippen LogP contribution < -0.4 is 5.73 Å². The molecule has 1 atom stereocenters. The minimum absolute atomic E-state index is 0.641. The molecule has 2 heteroatoms. The van der Waals surface area contributed by atoms with E-state index in [1.165, 1.54) is 49.9 Å². The summed E-state index contributed by atoms with van der Waals surface area (Å²) in [7, 11) is 0. The third-order valence-corrected chi connectivity index (χ3v) is 4.18. The molecule has 0 radical (unpaired) electrons. The van der Waals surface area contributed by atoms with Gasteiger partial charge in [0.1, 0.15) is 0 Å². The number of likely N-dealkylation sites (tertiary alicyclic amines) is 1. The molecule has 0 amide bonds. The van der Waals surface area contributed by atoms with Crippen molar-refractivity contribution < 1.29 is 0 Å². The third-order valence-electron chi connectivity index (χ3n) is 4.18. The Morgan fingerprint density at radius 2 is 1.83 bits per heavy atom. The Balaban J connectivity index is 1.88. The second-order valence-electron chi connectivity index (χ2n) is 5.50. The monoisotopic (exact) mass is 246 g/mol. The van der Waals surface area contributed by atoms with Crippen molar-refractivity contribution in [2.45, 2.75) is 45.7 Å². The van der Waals surface area contributed by atoms with Crippen molar-refractivity contribution in [3.63, 3.8) is 0 Å². The molecule has 2 nitrogen and oxygen atoms in total. The molecule has 0 saturated carbocycles. The molecular weight excluding hydrogens is 220 g/mol. The van der Waals surface area contributed by atoms with Gasteiger partial charge in [-0.25, -0.2) is 0 Å². The molecule has 1 unspecified atom stereocenters. The molecule has 100 valence electrons. The van der Waals surface area contributed by atoms with Gasteiger partial charge >= 0.3 is 0 Å². The van der Waals surface area contributed by atoms with Crippen LogP contribution in [0.5, 0.6) is 0 Å². The molecule has 18 heavy (non-hydrogen) atoms. The van der Waals surface area contributed by atoms with Crippen LogP contribution in [-0.2, 0) is 13.1 Å². The standard InChI is InChI=1S/C16H26N2/c1-2-14-4-3-10-18(11-9-14)13-16-7-5-15(12-17)6-8-16/h5-8,14H,2-4,9-13,17H2,1H3. The third kappa shape index (κ3) is 3.82. The van der Waals surface area contributed by atoms with Crippen molar-refractivity contribution in [2.75, 3.05) is 13.1 Å². The van der Waals surface area contributed by atoms with Gasteiger partial charge in [0, 0.05) is 13.1 Å². The van der Waals surface area contributed by atoms with Crippen molar-refractivity contribution in [1.82, 2.24) is 4.90 Å². The normalized spacial score (nSPS) is 21.8. The molecule has 0 aliphatic carbocycles. The fraction of sp³-hybridized carbons (Fsp3) is 0.625. The maximum Gasteiger partial charge on any atom is 0.0233 e. The van der Waals surface area contributed by atoms with E-state index in [0.717, 1.165) is 12.5 Å². The molecule has 2 rings (SSSR count). The van der Waals surface area contributed by atoms with Crippen LogP contribution in [0.15, 0.2) is 24.3 Å². The molecule has 1 aliphatic heterocycles. The summed E-state index contributed by atoms with van der Waals surface area (Å²) in [5.74, 6) is 0.953. The highest BCUT2D eigenvalue weighted by Gasteiger charge is 2.15. The summed E-state index contributed by atoms with van der Waals surface area (Å²) in [5, 5.41) is 0. The highest BCUT2D eigenvalue weighted by molar-refractivity contribution is 5.22. The highest BCUT2D eigenvalue weighted by atomic mass is 15.1. The first-order valence-corrected chi connectivity index (χ1v) is 7.32. The highest BCUT2D eigenvalue weighted by Crippen LogP contribution is 2.21. The molecule has 1 aromatic carbocycles. The number of benzene rings is 1. The van der Waals surface area contributed by atoms with Crippen LogP contribution in [0.25, 0.3) is 0 Å². The van der Waals surface area contributed by atoms with Crippen molar-refractivity contribution >= 4 is 0 Å². The molecule has 1 aromatic rings. The average molecular weight is 246 g/mol. The quantitative estimate of drug-likeness (QED) is 0.884. The zero-order valence-electron chi connectivity index (χ0n) is 11.6. The minimum Gasteiger partial charge on any atom is -0.326 e. The average Bonchev–Trinajstić information content (AvgIpc) is 2.65. The van der Waals surface area contributed by atoms with Crippen LogP contribution in [0, 0.1) is 5.92 Å². The van der Waals surface area contributed by atoms with Crippen molar-refractivity contribution in [3.05, 3.63) is 35.4 Å². The smallest absolute Gasteiger partial charge is 0.0233 e. The summed E-state index contributed by atoms with van der Waals surface area (Å²) in [6.45, 7) is 6.58. The van der Waals surface area contributed by atoms with Crippen molar-refractivity contribution in [3.8, 4) is 0 Å². The summed E-state index contributed by atoms with van der Waals surface area (Å²) >= 11 is 0. The van der Waals surface area contributed by atoms with E-state index < -0.39 is 0 Å². The van der Waals surface area contributed by atoms with Gasteiger partial charge in [-0.1, -0.05) is 37.6 Å². The summed E-state index contributed by atoms with van der Waals surface area (Å²) in [4.78, 5) is 2.60. The number of rotatable bonds is 4. The summed E-state index contributed by atoms with van der Waals surface area (Å²) < 4.78 is 0. The predicted octanol–water partition coefficient (Wildman–Crippen LogP) is 3.16. The minimum atomic E-state index is 0.641. The SMILES string of the molecule is CCC1CCCN(Cc2ccc(CN)cc2)CC1. The first-order valence-electron chi connectivity index (χ1n) is 7.32. The lowest BCUT2D eigenvalue weighted by Gasteiger charge is -2.20. The molecule has 1 aliphatic rings. The maximum atomic E-state index is 5.62. The lowest BCUT2D eigenvalue weighted by molar-refractivity contribution is 0.272. The van der Waals surface area contributed by atoms with Crippen molar-refractivity contribution in [2.24, 2.45) is 11.7 Å². The van der Waals surface area contributed by atoms with E-state index >= 15 is 0 Å². The molecular formula is C16H26N2. The topological polar surface area (TPSA) is 29.3 Å². The van der Waals surface area contributed by atoms with Gasteiger partial charge in [0.25, 0.3) is 0 Å².